The smallest absolute Gasteiger partial charge is 0.228 e. The third kappa shape index (κ3) is 3.07. The molecule has 1 aliphatic heterocycles. The zero-order valence-corrected chi connectivity index (χ0v) is 10.0. The molecule has 0 unspecified atom stereocenters. The van der Waals surface area contributed by atoms with Crippen molar-refractivity contribution in [2.24, 2.45) is 0 Å². The molecular formula is C13H16N2O3. The fraction of sp³-hybridized carbons (Fsp3) is 0.385. The van der Waals surface area contributed by atoms with Crippen LogP contribution in [0, 0.1) is 0 Å². The molecule has 0 saturated carbocycles. The first-order valence-corrected chi connectivity index (χ1v) is 5.98. The molecule has 0 saturated heterocycles. The lowest BCUT2D eigenvalue weighted by molar-refractivity contribution is -0.121. The van der Waals surface area contributed by atoms with Gasteiger partial charge < -0.3 is 15.7 Å². The Morgan fingerprint density at radius 1 is 1.44 bits per heavy atom. The number of nitrogens with one attached hydrogen (secondary N) is 2. The molecule has 0 atom stereocenters. The van der Waals surface area contributed by atoms with E-state index in [0.717, 1.165) is 16.8 Å². The molecule has 0 aliphatic carbocycles. The lowest BCUT2D eigenvalue weighted by Gasteiger charge is -2.06. The number of carbonyl (C=O) groups is 2. The van der Waals surface area contributed by atoms with Gasteiger partial charge in [-0.1, -0.05) is 12.1 Å². The van der Waals surface area contributed by atoms with Crippen LogP contribution in [0.4, 0.5) is 5.69 Å². The molecule has 5 heteroatoms. The average molecular weight is 248 g/mol. The predicted octanol–water partition coefficient (Wildman–Crippen LogP) is 0.570. The summed E-state index contributed by atoms with van der Waals surface area (Å²) in [6, 6.07) is 5.67. The summed E-state index contributed by atoms with van der Waals surface area (Å²) >= 11 is 0. The van der Waals surface area contributed by atoms with Gasteiger partial charge in [-0.3, -0.25) is 9.59 Å². The number of benzene rings is 1. The minimum absolute atomic E-state index is 0.00845. The van der Waals surface area contributed by atoms with Crippen LogP contribution in [-0.4, -0.2) is 23.5 Å². The highest BCUT2D eigenvalue weighted by Gasteiger charge is 2.17. The average Bonchev–Trinajstić information content (AvgIpc) is 2.73. The number of carbonyl (C=O) groups excluding carboxylic acids is 2. The summed E-state index contributed by atoms with van der Waals surface area (Å²) in [6.45, 7) is 0.478. The van der Waals surface area contributed by atoms with Gasteiger partial charge in [0.1, 0.15) is 0 Å². The van der Waals surface area contributed by atoms with Gasteiger partial charge in [0.05, 0.1) is 6.42 Å². The number of hydrogen-bond donors (Lipinski definition) is 3. The molecule has 1 aliphatic rings. The maximum Gasteiger partial charge on any atom is 0.228 e. The Hall–Kier alpha value is -1.88. The molecule has 3 N–H and O–H groups in total. The van der Waals surface area contributed by atoms with Gasteiger partial charge in [-0.25, -0.2) is 0 Å². The Morgan fingerprint density at radius 3 is 3.06 bits per heavy atom. The second-order valence-electron chi connectivity index (χ2n) is 4.32. The summed E-state index contributed by atoms with van der Waals surface area (Å²) in [5.41, 5.74) is 2.81. The summed E-state index contributed by atoms with van der Waals surface area (Å²) in [6.07, 6.45) is 1.22. The minimum atomic E-state index is -0.0706. The highest BCUT2D eigenvalue weighted by atomic mass is 16.3. The van der Waals surface area contributed by atoms with Crippen molar-refractivity contribution in [2.45, 2.75) is 25.8 Å². The molecule has 0 fully saturated rings. The highest BCUT2D eigenvalue weighted by Crippen LogP contribution is 2.23. The van der Waals surface area contributed by atoms with Crippen molar-refractivity contribution in [3.63, 3.8) is 0 Å². The summed E-state index contributed by atoms with van der Waals surface area (Å²) < 4.78 is 0. The van der Waals surface area contributed by atoms with Crippen LogP contribution in [0.5, 0.6) is 0 Å². The SMILES string of the molecule is O=C(CCCO)NCc1ccc2c(c1)CC(=O)N2. The Bertz CT molecular complexity index is 471. The molecule has 0 radical (unpaired) electrons. The third-order valence-electron chi connectivity index (χ3n) is 2.85. The molecule has 0 bridgehead atoms. The third-order valence-corrected chi connectivity index (χ3v) is 2.85. The molecule has 1 aromatic carbocycles. The van der Waals surface area contributed by atoms with E-state index in [1.807, 2.05) is 18.2 Å². The van der Waals surface area contributed by atoms with E-state index in [1.54, 1.807) is 0 Å². The summed E-state index contributed by atoms with van der Waals surface area (Å²) in [4.78, 5) is 22.6. The van der Waals surface area contributed by atoms with Crippen LogP contribution in [0.2, 0.25) is 0 Å². The normalized spacial score (nSPS) is 13.1. The minimum Gasteiger partial charge on any atom is -0.396 e. The van der Waals surface area contributed by atoms with Crippen molar-refractivity contribution in [1.29, 1.82) is 0 Å². The first kappa shape index (κ1) is 12.6. The predicted molar refractivity (Wildman–Crippen MR) is 66.9 cm³/mol. The summed E-state index contributed by atoms with van der Waals surface area (Å²) in [7, 11) is 0. The number of hydrogen-bond acceptors (Lipinski definition) is 3. The topological polar surface area (TPSA) is 78.4 Å². The van der Waals surface area contributed by atoms with Gasteiger partial charge in [-0.2, -0.15) is 0 Å². The zero-order valence-electron chi connectivity index (χ0n) is 10.0. The van der Waals surface area contributed by atoms with Gasteiger partial charge in [0.2, 0.25) is 11.8 Å². The largest absolute Gasteiger partial charge is 0.396 e. The number of anilines is 1. The van der Waals surface area contributed by atoms with Crippen molar-refractivity contribution in [3.8, 4) is 0 Å². The molecule has 1 heterocycles. The van der Waals surface area contributed by atoms with E-state index in [0.29, 0.717) is 25.8 Å². The van der Waals surface area contributed by atoms with Crippen LogP contribution in [0.15, 0.2) is 18.2 Å². The lowest BCUT2D eigenvalue weighted by Crippen LogP contribution is -2.22. The molecule has 2 amide bonds. The van der Waals surface area contributed by atoms with Crippen molar-refractivity contribution < 1.29 is 14.7 Å². The molecule has 0 spiro atoms. The standard InChI is InChI=1S/C13H16N2O3/c16-5-1-2-12(17)14-8-9-3-4-11-10(6-9)7-13(18)15-11/h3-4,6,16H,1-2,5,7-8H2,(H,14,17)(H,15,18). The van der Waals surface area contributed by atoms with Gasteiger partial charge in [-0.05, 0) is 23.6 Å². The monoisotopic (exact) mass is 248 g/mol. The van der Waals surface area contributed by atoms with Crippen LogP contribution < -0.4 is 10.6 Å². The van der Waals surface area contributed by atoms with E-state index < -0.39 is 0 Å². The van der Waals surface area contributed by atoms with E-state index in [9.17, 15) is 9.59 Å². The van der Waals surface area contributed by atoms with Gasteiger partial charge in [0.15, 0.2) is 0 Å². The van der Waals surface area contributed by atoms with E-state index in [-0.39, 0.29) is 18.4 Å². The van der Waals surface area contributed by atoms with Crippen LogP contribution in [0.1, 0.15) is 24.0 Å². The second kappa shape index (κ2) is 5.64. The van der Waals surface area contributed by atoms with Gasteiger partial charge in [0, 0.05) is 25.3 Å². The van der Waals surface area contributed by atoms with Crippen molar-refractivity contribution in [3.05, 3.63) is 29.3 Å². The van der Waals surface area contributed by atoms with Crippen molar-refractivity contribution >= 4 is 17.5 Å². The lowest BCUT2D eigenvalue weighted by atomic mass is 10.1. The molecule has 2 rings (SSSR count). The molecular weight excluding hydrogens is 232 g/mol. The Labute approximate surface area is 105 Å². The Morgan fingerprint density at radius 2 is 2.28 bits per heavy atom. The van der Waals surface area contributed by atoms with Crippen molar-refractivity contribution in [2.75, 3.05) is 11.9 Å². The second-order valence-corrected chi connectivity index (χ2v) is 4.32. The Balaban J connectivity index is 1.89. The highest BCUT2D eigenvalue weighted by molar-refractivity contribution is 5.99. The number of aliphatic hydroxyl groups excluding tert-OH is 1. The molecule has 5 nitrogen and oxygen atoms in total. The maximum atomic E-state index is 11.4. The zero-order chi connectivity index (χ0) is 13.0. The molecule has 96 valence electrons. The van der Waals surface area contributed by atoms with E-state index in [4.69, 9.17) is 5.11 Å². The van der Waals surface area contributed by atoms with E-state index in [1.165, 1.54) is 0 Å². The van der Waals surface area contributed by atoms with E-state index >= 15 is 0 Å². The van der Waals surface area contributed by atoms with Gasteiger partial charge >= 0.3 is 0 Å². The number of aliphatic hydroxyl groups is 1. The fourth-order valence-corrected chi connectivity index (χ4v) is 1.92. The summed E-state index contributed by atoms with van der Waals surface area (Å²) in [5.74, 6) is -0.0621. The van der Waals surface area contributed by atoms with E-state index in [2.05, 4.69) is 10.6 Å². The van der Waals surface area contributed by atoms with Crippen LogP contribution >= 0.6 is 0 Å². The number of rotatable bonds is 5. The molecule has 1 aromatic rings. The van der Waals surface area contributed by atoms with Crippen LogP contribution in [-0.2, 0) is 22.6 Å². The maximum absolute atomic E-state index is 11.4. The number of fused-ring (bicyclic) bond motifs is 1. The number of amides is 2. The first-order chi connectivity index (χ1) is 8.69. The van der Waals surface area contributed by atoms with Gasteiger partial charge in [0.25, 0.3) is 0 Å². The van der Waals surface area contributed by atoms with Gasteiger partial charge in [-0.15, -0.1) is 0 Å². The van der Waals surface area contributed by atoms with Crippen LogP contribution in [0.25, 0.3) is 0 Å². The Kier molecular flexibility index (Phi) is 3.94. The molecule has 0 aromatic heterocycles. The van der Waals surface area contributed by atoms with Crippen molar-refractivity contribution in [1.82, 2.24) is 5.32 Å². The molecule has 18 heavy (non-hydrogen) atoms. The summed E-state index contributed by atoms with van der Waals surface area (Å²) in [5, 5.41) is 14.2. The first-order valence-electron chi connectivity index (χ1n) is 5.98. The fourth-order valence-electron chi connectivity index (χ4n) is 1.92. The quantitative estimate of drug-likeness (QED) is 0.713. The van der Waals surface area contributed by atoms with Crippen LogP contribution in [0.3, 0.4) is 0 Å².